The number of aliphatic carboxylic acids is 1. The lowest BCUT2D eigenvalue weighted by Crippen LogP contribution is -1.98. The van der Waals surface area contributed by atoms with E-state index < -0.39 is 10.9 Å². The number of nitro groups is 1. The summed E-state index contributed by atoms with van der Waals surface area (Å²) in [6, 6.07) is 3.35. The van der Waals surface area contributed by atoms with Crippen LogP contribution < -0.4 is 0 Å². The number of hydrogen-bond donors (Lipinski definition) is 3. The van der Waals surface area contributed by atoms with Crippen molar-refractivity contribution in [3.63, 3.8) is 0 Å². The molecular formula is C13H12N4O5S. The van der Waals surface area contributed by atoms with Crippen LogP contribution >= 0.6 is 11.8 Å². The summed E-state index contributed by atoms with van der Waals surface area (Å²) in [5.41, 5.74) is -0.231. The third-order valence-corrected chi connectivity index (χ3v) is 3.64. The number of aromatic hydroxyl groups is 1. The molecule has 2 aromatic rings. The molecule has 0 aliphatic rings. The maximum Gasteiger partial charge on any atom is 0.342 e. The van der Waals surface area contributed by atoms with Crippen molar-refractivity contribution >= 4 is 29.5 Å². The number of aromatic amines is 1. The molecule has 0 saturated heterocycles. The lowest BCUT2D eigenvalue weighted by Gasteiger charge is -2.02. The fourth-order valence-electron chi connectivity index (χ4n) is 1.63. The lowest BCUT2D eigenvalue weighted by molar-refractivity contribution is -0.384. The van der Waals surface area contributed by atoms with Gasteiger partial charge in [0.25, 0.3) is 5.69 Å². The fourth-order valence-corrected chi connectivity index (χ4v) is 2.34. The number of nitrogens with zero attached hydrogens (tertiary/aromatic N) is 3. The summed E-state index contributed by atoms with van der Waals surface area (Å²) in [7, 11) is 0. The molecule has 0 atom stereocenters. The number of aromatic nitrogens is 3. The normalized spacial score (nSPS) is 11.4. The topological polar surface area (TPSA) is 142 Å². The van der Waals surface area contributed by atoms with Gasteiger partial charge in [-0.3, -0.25) is 15.2 Å². The molecule has 2 rings (SSSR count). The number of carboxylic acid groups (broad SMARTS) is 1. The number of benzene rings is 1. The van der Waals surface area contributed by atoms with Crippen molar-refractivity contribution in [1.82, 2.24) is 15.2 Å². The summed E-state index contributed by atoms with van der Waals surface area (Å²) in [6.45, 7) is 1.87. The summed E-state index contributed by atoms with van der Waals surface area (Å²) in [5.74, 6) is -0.918. The maximum absolute atomic E-state index is 11.3. The van der Waals surface area contributed by atoms with Gasteiger partial charge in [-0.1, -0.05) is 6.92 Å². The Kier molecular flexibility index (Phi) is 4.96. The quantitative estimate of drug-likeness (QED) is 0.315. The Morgan fingerprint density at radius 1 is 1.52 bits per heavy atom. The van der Waals surface area contributed by atoms with Gasteiger partial charge in [-0.05, 0) is 23.9 Å². The van der Waals surface area contributed by atoms with Crippen molar-refractivity contribution in [3.8, 4) is 5.75 Å². The first-order valence-electron chi connectivity index (χ1n) is 6.42. The number of phenols is 1. The highest BCUT2D eigenvalue weighted by molar-refractivity contribution is 8.04. The van der Waals surface area contributed by atoms with E-state index in [1.54, 1.807) is 0 Å². The van der Waals surface area contributed by atoms with Crippen LogP contribution in [-0.4, -0.2) is 36.3 Å². The van der Waals surface area contributed by atoms with Crippen LogP contribution in [0.25, 0.3) is 6.08 Å². The van der Waals surface area contributed by atoms with Crippen molar-refractivity contribution in [2.45, 2.75) is 18.5 Å². The number of H-pyrrole nitrogens is 1. The van der Waals surface area contributed by atoms with E-state index in [1.165, 1.54) is 0 Å². The second kappa shape index (κ2) is 6.92. The predicted octanol–water partition coefficient (Wildman–Crippen LogP) is 2.20. The lowest BCUT2D eigenvalue weighted by atomic mass is 10.1. The SMILES string of the molecule is CCc1nc(S/C(=C\c2cc([N+](=O)[O-])ccc2O)C(=O)O)n[nH]1. The summed E-state index contributed by atoms with van der Waals surface area (Å²) < 4.78 is 0. The second-order valence-corrected chi connectivity index (χ2v) is 5.34. The molecule has 0 unspecified atom stereocenters. The number of carboxylic acids is 1. The zero-order chi connectivity index (χ0) is 17.0. The third kappa shape index (κ3) is 4.07. The van der Waals surface area contributed by atoms with Gasteiger partial charge in [-0.2, -0.15) is 0 Å². The molecule has 0 radical (unpaired) electrons. The number of thioether (sulfide) groups is 1. The van der Waals surface area contributed by atoms with Crippen molar-refractivity contribution < 1.29 is 19.9 Å². The van der Waals surface area contributed by atoms with Gasteiger partial charge in [0, 0.05) is 24.1 Å². The molecule has 9 nitrogen and oxygen atoms in total. The largest absolute Gasteiger partial charge is 0.507 e. The maximum atomic E-state index is 11.3. The Hall–Kier alpha value is -2.88. The number of aryl methyl sites for hydroxylation is 1. The van der Waals surface area contributed by atoms with E-state index in [9.17, 15) is 25.1 Å². The highest BCUT2D eigenvalue weighted by atomic mass is 32.2. The van der Waals surface area contributed by atoms with Crippen molar-refractivity contribution in [2.24, 2.45) is 0 Å². The molecule has 0 fully saturated rings. The second-order valence-electron chi connectivity index (χ2n) is 4.33. The van der Waals surface area contributed by atoms with Gasteiger partial charge in [0.05, 0.1) is 4.92 Å². The Morgan fingerprint density at radius 3 is 2.83 bits per heavy atom. The standard InChI is InChI=1S/C13H12N4O5S/c1-2-11-14-13(16-15-11)23-10(12(19)20)6-7-5-8(17(21)22)3-4-9(7)18/h3-6,18H,2H2,1H3,(H,19,20)(H,14,15,16)/b10-6-. The summed E-state index contributed by atoms with van der Waals surface area (Å²) >= 11 is 0.778. The van der Waals surface area contributed by atoms with Crippen LogP contribution in [-0.2, 0) is 11.2 Å². The van der Waals surface area contributed by atoms with Crippen molar-refractivity contribution in [3.05, 3.63) is 44.6 Å². The van der Waals surface area contributed by atoms with E-state index in [4.69, 9.17) is 0 Å². The van der Waals surface area contributed by atoms with E-state index in [1.807, 2.05) is 6.92 Å². The van der Waals surface area contributed by atoms with E-state index in [-0.39, 0.29) is 27.1 Å². The van der Waals surface area contributed by atoms with Crippen LogP contribution in [0.15, 0.2) is 28.3 Å². The Morgan fingerprint density at radius 2 is 2.26 bits per heavy atom. The number of phenolic OH excluding ortho intramolecular Hbond substituents is 1. The van der Waals surface area contributed by atoms with Gasteiger partial charge in [0.2, 0.25) is 5.16 Å². The minimum Gasteiger partial charge on any atom is -0.507 e. The first kappa shape index (κ1) is 16.5. The van der Waals surface area contributed by atoms with Crippen LogP contribution in [0.2, 0.25) is 0 Å². The average Bonchev–Trinajstić information content (AvgIpc) is 2.96. The molecule has 0 spiro atoms. The molecule has 0 amide bonds. The van der Waals surface area contributed by atoms with Crippen LogP contribution in [0, 0.1) is 10.1 Å². The predicted molar refractivity (Wildman–Crippen MR) is 82.0 cm³/mol. The van der Waals surface area contributed by atoms with Crippen LogP contribution in [0.1, 0.15) is 18.3 Å². The van der Waals surface area contributed by atoms with Crippen molar-refractivity contribution in [1.29, 1.82) is 0 Å². The van der Waals surface area contributed by atoms with E-state index in [0.717, 1.165) is 36.0 Å². The molecule has 0 aliphatic carbocycles. The molecular weight excluding hydrogens is 324 g/mol. The number of hydrogen-bond acceptors (Lipinski definition) is 7. The monoisotopic (exact) mass is 336 g/mol. The molecule has 0 aliphatic heterocycles. The summed E-state index contributed by atoms with van der Waals surface area (Å²) in [5, 5.41) is 36.5. The average molecular weight is 336 g/mol. The van der Waals surface area contributed by atoms with Crippen LogP contribution in [0.3, 0.4) is 0 Å². The van der Waals surface area contributed by atoms with Gasteiger partial charge in [-0.25, -0.2) is 9.78 Å². The highest BCUT2D eigenvalue weighted by Gasteiger charge is 2.16. The first-order valence-corrected chi connectivity index (χ1v) is 7.24. The molecule has 1 heterocycles. The van der Waals surface area contributed by atoms with E-state index >= 15 is 0 Å². The van der Waals surface area contributed by atoms with Crippen LogP contribution in [0.4, 0.5) is 5.69 Å². The molecule has 1 aromatic heterocycles. The van der Waals surface area contributed by atoms with E-state index in [2.05, 4.69) is 15.2 Å². The van der Waals surface area contributed by atoms with Gasteiger partial charge < -0.3 is 10.2 Å². The van der Waals surface area contributed by atoms with Gasteiger partial charge >= 0.3 is 5.97 Å². The zero-order valence-corrected chi connectivity index (χ0v) is 12.7. The Balaban J connectivity index is 2.37. The molecule has 0 bridgehead atoms. The first-order chi connectivity index (χ1) is 10.9. The van der Waals surface area contributed by atoms with E-state index in [0.29, 0.717) is 12.2 Å². The molecule has 1 aromatic carbocycles. The Labute approximate surface area is 134 Å². The molecule has 23 heavy (non-hydrogen) atoms. The zero-order valence-electron chi connectivity index (χ0n) is 11.9. The number of rotatable bonds is 6. The van der Waals surface area contributed by atoms with Gasteiger partial charge in [0.15, 0.2) is 0 Å². The third-order valence-electron chi connectivity index (χ3n) is 2.77. The number of nitro benzene ring substituents is 1. The number of non-ortho nitro benzene ring substituents is 1. The minimum atomic E-state index is -1.26. The van der Waals surface area contributed by atoms with Gasteiger partial charge in [0.1, 0.15) is 16.5 Å². The molecule has 120 valence electrons. The minimum absolute atomic E-state index is 0.0235. The Bertz CT molecular complexity index is 786. The smallest absolute Gasteiger partial charge is 0.342 e. The number of carbonyl (C=O) groups is 1. The van der Waals surface area contributed by atoms with Gasteiger partial charge in [-0.15, -0.1) is 5.10 Å². The molecule has 3 N–H and O–H groups in total. The summed E-state index contributed by atoms with van der Waals surface area (Å²) in [6.07, 6.45) is 1.75. The summed E-state index contributed by atoms with van der Waals surface area (Å²) in [4.78, 5) is 25.4. The van der Waals surface area contributed by atoms with Crippen molar-refractivity contribution in [2.75, 3.05) is 0 Å². The van der Waals surface area contributed by atoms with Crippen LogP contribution in [0.5, 0.6) is 5.75 Å². The molecule has 0 saturated carbocycles. The molecule has 10 heteroatoms. The fraction of sp³-hybridized carbons (Fsp3) is 0.154. The highest BCUT2D eigenvalue weighted by Crippen LogP contribution is 2.30. The number of nitrogens with one attached hydrogen (secondary N) is 1.